The van der Waals surface area contributed by atoms with Gasteiger partial charge in [0.15, 0.2) is 0 Å². The van der Waals surface area contributed by atoms with Crippen molar-refractivity contribution in [3.8, 4) is 0 Å². The molecule has 0 aromatic carbocycles. The topological polar surface area (TPSA) is 40.5 Å². The third kappa shape index (κ3) is 1.94. The predicted molar refractivity (Wildman–Crippen MR) is 46.3 cm³/mol. The highest BCUT2D eigenvalue weighted by Crippen LogP contribution is 2.37. The predicted octanol–water partition coefficient (Wildman–Crippen LogP) is 1.41. The van der Waals surface area contributed by atoms with Gasteiger partial charge in [-0.15, -0.1) is 0 Å². The molecule has 0 aromatic heterocycles. The van der Waals surface area contributed by atoms with E-state index in [1.54, 1.807) is 13.8 Å². The third-order valence-electron chi connectivity index (χ3n) is 3.00. The molecule has 0 aliphatic heterocycles. The zero-order valence-electron chi connectivity index (χ0n) is 8.18. The first-order chi connectivity index (χ1) is 4.75. The Morgan fingerprint density at radius 2 is 1.55 bits per heavy atom. The molecule has 1 atom stereocenters. The molecule has 0 fully saturated rings. The van der Waals surface area contributed by atoms with Gasteiger partial charge in [-0.05, 0) is 19.8 Å². The molecule has 68 valence electrons. The molecule has 0 aliphatic carbocycles. The van der Waals surface area contributed by atoms with Gasteiger partial charge in [0.25, 0.3) is 0 Å². The molecule has 0 aromatic rings. The first-order valence-corrected chi connectivity index (χ1v) is 4.09. The molecule has 0 heterocycles. The Bertz CT molecular complexity index is 124. The van der Waals surface area contributed by atoms with Crippen molar-refractivity contribution in [1.29, 1.82) is 0 Å². The first kappa shape index (κ1) is 10.9. The van der Waals surface area contributed by atoms with Gasteiger partial charge in [-0.2, -0.15) is 0 Å². The van der Waals surface area contributed by atoms with Crippen LogP contribution < -0.4 is 0 Å². The molecular weight excluding hydrogens is 140 g/mol. The summed E-state index contributed by atoms with van der Waals surface area (Å²) in [6.45, 7) is 9.42. The van der Waals surface area contributed by atoms with Crippen LogP contribution in [0.15, 0.2) is 0 Å². The van der Waals surface area contributed by atoms with E-state index in [0.717, 1.165) is 0 Å². The van der Waals surface area contributed by atoms with E-state index in [0.29, 0.717) is 0 Å². The summed E-state index contributed by atoms with van der Waals surface area (Å²) < 4.78 is 0. The van der Waals surface area contributed by atoms with Gasteiger partial charge in [0.2, 0.25) is 0 Å². The molecule has 0 rings (SSSR count). The number of aliphatic hydroxyl groups is 2. The second-order valence-corrected chi connectivity index (χ2v) is 4.29. The van der Waals surface area contributed by atoms with Gasteiger partial charge in [0.1, 0.15) is 0 Å². The highest BCUT2D eigenvalue weighted by atomic mass is 16.3. The van der Waals surface area contributed by atoms with Crippen LogP contribution in [-0.2, 0) is 0 Å². The summed E-state index contributed by atoms with van der Waals surface area (Å²) in [4.78, 5) is 0. The largest absolute Gasteiger partial charge is 0.396 e. The van der Waals surface area contributed by atoms with Crippen LogP contribution in [0.5, 0.6) is 0 Å². The van der Waals surface area contributed by atoms with Crippen LogP contribution in [0.2, 0.25) is 0 Å². The molecule has 0 radical (unpaired) electrons. The summed E-state index contributed by atoms with van der Waals surface area (Å²) in [6.07, 6.45) is 0. The smallest absolute Gasteiger partial charge is 0.0669 e. The van der Waals surface area contributed by atoms with Crippen LogP contribution in [0.25, 0.3) is 0 Å². The van der Waals surface area contributed by atoms with Crippen molar-refractivity contribution in [1.82, 2.24) is 0 Å². The van der Waals surface area contributed by atoms with Crippen LogP contribution in [0.1, 0.15) is 34.6 Å². The van der Waals surface area contributed by atoms with Gasteiger partial charge in [-0.3, -0.25) is 0 Å². The molecule has 0 saturated carbocycles. The molecule has 0 bridgehead atoms. The number of hydrogen-bond acceptors (Lipinski definition) is 2. The van der Waals surface area contributed by atoms with Crippen LogP contribution in [0.3, 0.4) is 0 Å². The lowest BCUT2D eigenvalue weighted by Crippen LogP contribution is -2.47. The Hall–Kier alpha value is -0.0800. The maximum absolute atomic E-state index is 9.75. The minimum atomic E-state index is -0.823. The van der Waals surface area contributed by atoms with E-state index >= 15 is 0 Å². The minimum Gasteiger partial charge on any atom is -0.396 e. The molecule has 11 heavy (non-hydrogen) atoms. The van der Waals surface area contributed by atoms with Crippen LogP contribution in [-0.4, -0.2) is 22.4 Å². The minimum absolute atomic E-state index is 0.0220. The molecule has 0 aliphatic rings. The van der Waals surface area contributed by atoms with Crippen molar-refractivity contribution in [2.24, 2.45) is 11.3 Å². The zero-order chi connectivity index (χ0) is 9.28. The Morgan fingerprint density at radius 1 is 1.18 bits per heavy atom. The standard InChI is InChI=1S/C9H20O2/c1-7(2)9(5,6-10)8(3,4)11/h7,10-11H,6H2,1-5H3. The van der Waals surface area contributed by atoms with E-state index in [1.165, 1.54) is 0 Å². The van der Waals surface area contributed by atoms with Crippen molar-refractivity contribution in [2.75, 3.05) is 6.61 Å². The second kappa shape index (κ2) is 3.11. The Morgan fingerprint density at radius 3 is 1.55 bits per heavy atom. The maximum Gasteiger partial charge on any atom is 0.0669 e. The fraction of sp³-hybridized carbons (Fsp3) is 1.00. The average Bonchev–Trinajstić information content (AvgIpc) is 1.83. The molecule has 0 saturated heterocycles. The Labute approximate surface area is 69.2 Å². The lowest BCUT2D eigenvalue weighted by atomic mass is 9.68. The van der Waals surface area contributed by atoms with E-state index in [-0.39, 0.29) is 12.5 Å². The number of aliphatic hydroxyl groups excluding tert-OH is 1. The normalized spacial score (nSPS) is 18.5. The molecule has 0 amide bonds. The van der Waals surface area contributed by atoms with Crippen molar-refractivity contribution in [3.05, 3.63) is 0 Å². The fourth-order valence-corrected chi connectivity index (χ4v) is 1.08. The lowest BCUT2D eigenvalue weighted by molar-refractivity contribution is -0.0991. The van der Waals surface area contributed by atoms with Crippen molar-refractivity contribution < 1.29 is 10.2 Å². The fourth-order valence-electron chi connectivity index (χ4n) is 1.08. The zero-order valence-corrected chi connectivity index (χ0v) is 8.18. The van der Waals surface area contributed by atoms with Crippen LogP contribution >= 0.6 is 0 Å². The summed E-state index contributed by atoms with van der Waals surface area (Å²) in [6, 6.07) is 0. The summed E-state index contributed by atoms with van der Waals surface area (Å²) in [7, 11) is 0. The van der Waals surface area contributed by atoms with E-state index in [2.05, 4.69) is 0 Å². The van der Waals surface area contributed by atoms with Gasteiger partial charge in [0.05, 0.1) is 12.2 Å². The summed E-state index contributed by atoms with van der Waals surface area (Å²) in [5.41, 5.74) is -1.23. The monoisotopic (exact) mass is 160 g/mol. The van der Waals surface area contributed by atoms with Gasteiger partial charge in [0, 0.05) is 5.41 Å². The van der Waals surface area contributed by atoms with Gasteiger partial charge < -0.3 is 10.2 Å². The quantitative estimate of drug-likeness (QED) is 0.655. The van der Waals surface area contributed by atoms with Gasteiger partial charge in [-0.1, -0.05) is 20.8 Å². The summed E-state index contributed by atoms with van der Waals surface area (Å²) >= 11 is 0. The van der Waals surface area contributed by atoms with Crippen molar-refractivity contribution in [2.45, 2.75) is 40.2 Å². The summed E-state index contributed by atoms with van der Waals surface area (Å²) in [5, 5.41) is 18.9. The Kier molecular flexibility index (Phi) is 3.09. The third-order valence-corrected chi connectivity index (χ3v) is 3.00. The van der Waals surface area contributed by atoms with Crippen molar-refractivity contribution in [3.63, 3.8) is 0 Å². The lowest BCUT2D eigenvalue weighted by Gasteiger charge is -2.42. The van der Waals surface area contributed by atoms with E-state index in [9.17, 15) is 5.11 Å². The SMILES string of the molecule is CC(C)C(C)(CO)C(C)(C)O. The Balaban J connectivity index is 4.61. The highest BCUT2D eigenvalue weighted by Gasteiger charge is 2.41. The molecule has 0 spiro atoms. The van der Waals surface area contributed by atoms with Crippen LogP contribution in [0, 0.1) is 11.3 Å². The van der Waals surface area contributed by atoms with Crippen LogP contribution in [0.4, 0.5) is 0 Å². The van der Waals surface area contributed by atoms with E-state index in [1.807, 2.05) is 20.8 Å². The van der Waals surface area contributed by atoms with Gasteiger partial charge in [-0.25, -0.2) is 0 Å². The average molecular weight is 160 g/mol. The van der Waals surface area contributed by atoms with E-state index in [4.69, 9.17) is 5.11 Å². The number of hydrogen-bond donors (Lipinski definition) is 2. The maximum atomic E-state index is 9.75. The molecule has 2 nitrogen and oxygen atoms in total. The highest BCUT2D eigenvalue weighted by molar-refractivity contribution is 4.91. The summed E-state index contributed by atoms with van der Waals surface area (Å²) in [5.74, 6) is 0.271. The molecule has 2 N–H and O–H groups in total. The first-order valence-electron chi connectivity index (χ1n) is 4.09. The molecule has 2 heteroatoms. The van der Waals surface area contributed by atoms with E-state index < -0.39 is 11.0 Å². The number of rotatable bonds is 3. The van der Waals surface area contributed by atoms with Crippen molar-refractivity contribution >= 4 is 0 Å². The second-order valence-electron chi connectivity index (χ2n) is 4.29. The molecular formula is C9H20O2. The molecule has 1 unspecified atom stereocenters. The van der Waals surface area contributed by atoms with Gasteiger partial charge >= 0.3 is 0 Å².